The highest BCUT2D eigenvalue weighted by Gasteiger charge is 2.32. The minimum absolute atomic E-state index is 0.127. The Hall–Kier alpha value is -1.81. The van der Waals surface area contributed by atoms with Crippen molar-refractivity contribution in [3.63, 3.8) is 0 Å². The monoisotopic (exact) mass is 262 g/mol. The van der Waals surface area contributed by atoms with Crippen molar-refractivity contribution in [1.29, 1.82) is 0 Å². The maximum Gasteiger partial charge on any atom is 0.273 e. The van der Waals surface area contributed by atoms with Gasteiger partial charge in [0.25, 0.3) is 5.91 Å². The summed E-state index contributed by atoms with van der Waals surface area (Å²) < 4.78 is 4.65. The Morgan fingerprint density at radius 1 is 1.39 bits per heavy atom. The molecule has 0 spiro atoms. The van der Waals surface area contributed by atoms with Gasteiger partial charge in [0.05, 0.1) is 11.4 Å². The van der Waals surface area contributed by atoms with Gasteiger partial charge in [0, 0.05) is 6.07 Å². The predicted molar refractivity (Wildman–Crippen MR) is 66.5 cm³/mol. The molecule has 0 radical (unpaired) electrons. The lowest BCUT2D eigenvalue weighted by Gasteiger charge is -2.16. The summed E-state index contributed by atoms with van der Waals surface area (Å²) in [4.78, 5) is 11.9. The molecule has 0 bridgehead atoms. The molecule has 2 aromatic rings. The van der Waals surface area contributed by atoms with Gasteiger partial charge >= 0.3 is 0 Å². The highest BCUT2D eigenvalue weighted by atomic mass is 35.5. The van der Waals surface area contributed by atoms with Crippen LogP contribution in [-0.2, 0) is 6.42 Å². The molecule has 1 amide bonds. The molecule has 1 aromatic carbocycles. The molecule has 2 unspecified atom stereocenters. The van der Waals surface area contributed by atoms with Crippen LogP contribution in [0, 0.1) is 0 Å². The van der Waals surface area contributed by atoms with Crippen LogP contribution in [0.15, 0.2) is 41.1 Å². The minimum atomic E-state index is -0.267. The van der Waals surface area contributed by atoms with Crippen LogP contribution in [0.1, 0.15) is 27.7 Å². The van der Waals surface area contributed by atoms with Gasteiger partial charge in [-0.15, -0.1) is 11.6 Å². The van der Waals surface area contributed by atoms with E-state index in [1.54, 1.807) is 0 Å². The van der Waals surface area contributed by atoms with Gasteiger partial charge in [-0.1, -0.05) is 29.4 Å². The number of alkyl halides is 1. The Bertz CT molecular complexity index is 568. The van der Waals surface area contributed by atoms with E-state index in [1.807, 2.05) is 24.3 Å². The zero-order valence-electron chi connectivity index (χ0n) is 9.47. The molecule has 3 rings (SSSR count). The fourth-order valence-corrected chi connectivity index (χ4v) is 2.62. The van der Waals surface area contributed by atoms with Crippen molar-refractivity contribution >= 4 is 17.5 Å². The minimum Gasteiger partial charge on any atom is -0.364 e. The summed E-state index contributed by atoms with van der Waals surface area (Å²) in [5.74, 6) is -0.267. The van der Waals surface area contributed by atoms with Gasteiger partial charge in [-0.25, -0.2) is 0 Å². The average molecular weight is 263 g/mol. The number of halogens is 1. The molecule has 1 heterocycles. The number of benzene rings is 1. The van der Waals surface area contributed by atoms with E-state index in [0.29, 0.717) is 0 Å². The molecule has 1 aliphatic carbocycles. The van der Waals surface area contributed by atoms with E-state index in [4.69, 9.17) is 11.6 Å². The van der Waals surface area contributed by atoms with Crippen molar-refractivity contribution in [3.05, 3.63) is 53.4 Å². The first-order chi connectivity index (χ1) is 8.75. The summed E-state index contributed by atoms with van der Waals surface area (Å²) in [5, 5.41) is 6.38. The molecule has 1 aliphatic rings. The standard InChI is InChI=1S/C13H11ClN2O2/c14-10-7-8-3-1-2-4-9(8)12(10)15-13(17)11-5-6-18-16-11/h1-6,10,12H,7H2,(H,15,17). The fraction of sp³-hybridized carbons (Fsp3) is 0.231. The van der Waals surface area contributed by atoms with E-state index < -0.39 is 0 Å². The topological polar surface area (TPSA) is 55.1 Å². The number of nitrogens with zero attached hydrogens (tertiary/aromatic N) is 1. The van der Waals surface area contributed by atoms with E-state index in [1.165, 1.54) is 17.9 Å². The Labute approximate surface area is 109 Å². The number of aromatic nitrogens is 1. The van der Waals surface area contributed by atoms with Crippen molar-refractivity contribution < 1.29 is 9.32 Å². The number of nitrogens with one attached hydrogen (secondary N) is 1. The molecule has 1 N–H and O–H groups in total. The van der Waals surface area contributed by atoms with Crippen LogP contribution in [0.3, 0.4) is 0 Å². The molecule has 5 heteroatoms. The Kier molecular flexibility index (Phi) is 2.80. The Morgan fingerprint density at radius 2 is 2.22 bits per heavy atom. The summed E-state index contributed by atoms with van der Waals surface area (Å²) in [6.45, 7) is 0. The molecular formula is C13H11ClN2O2. The van der Waals surface area contributed by atoms with Gasteiger partial charge in [0.2, 0.25) is 0 Å². The molecule has 0 aliphatic heterocycles. The maximum atomic E-state index is 11.9. The van der Waals surface area contributed by atoms with Gasteiger partial charge in [-0.3, -0.25) is 4.79 Å². The van der Waals surface area contributed by atoms with Gasteiger partial charge in [-0.2, -0.15) is 0 Å². The van der Waals surface area contributed by atoms with Crippen molar-refractivity contribution in [2.45, 2.75) is 17.8 Å². The molecular weight excluding hydrogens is 252 g/mol. The summed E-state index contributed by atoms with van der Waals surface area (Å²) in [6.07, 6.45) is 2.14. The largest absolute Gasteiger partial charge is 0.364 e. The summed E-state index contributed by atoms with van der Waals surface area (Å²) >= 11 is 6.29. The third-order valence-electron chi connectivity index (χ3n) is 3.12. The Morgan fingerprint density at radius 3 is 3.00 bits per heavy atom. The highest BCUT2D eigenvalue weighted by molar-refractivity contribution is 6.21. The van der Waals surface area contributed by atoms with Crippen molar-refractivity contribution in [2.75, 3.05) is 0 Å². The van der Waals surface area contributed by atoms with Gasteiger partial charge in [0.15, 0.2) is 5.69 Å². The molecule has 4 nitrogen and oxygen atoms in total. The van der Waals surface area contributed by atoms with Crippen molar-refractivity contribution in [1.82, 2.24) is 10.5 Å². The SMILES string of the molecule is O=C(NC1c2ccccc2CC1Cl)c1ccon1. The van der Waals surface area contributed by atoms with E-state index in [0.717, 1.165) is 12.0 Å². The third-order valence-corrected chi connectivity index (χ3v) is 3.53. The number of hydrogen-bond donors (Lipinski definition) is 1. The van der Waals surface area contributed by atoms with Crippen LogP contribution < -0.4 is 5.32 Å². The van der Waals surface area contributed by atoms with E-state index in [9.17, 15) is 4.79 Å². The van der Waals surface area contributed by atoms with Crippen LogP contribution in [0.4, 0.5) is 0 Å². The number of hydrogen-bond acceptors (Lipinski definition) is 3. The molecule has 0 saturated heterocycles. The smallest absolute Gasteiger partial charge is 0.273 e. The van der Waals surface area contributed by atoms with Crippen LogP contribution in [-0.4, -0.2) is 16.4 Å². The molecule has 18 heavy (non-hydrogen) atoms. The first kappa shape index (κ1) is 11.3. The van der Waals surface area contributed by atoms with Crippen LogP contribution in [0.2, 0.25) is 0 Å². The molecule has 92 valence electrons. The first-order valence-electron chi connectivity index (χ1n) is 5.69. The van der Waals surface area contributed by atoms with Crippen LogP contribution >= 0.6 is 11.6 Å². The van der Waals surface area contributed by atoms with Crippen LogP contribution in [0.5, 0.6) is 0 Å². The zero-order chi connectivity index (χ0) is 12.5. The Balaban J connectivity index is 1.83. The number of carbonyl (C=O) groups is 1. The summed E-state index contributed by atoms with van der Waals surface area (Å²) in [7, 11) is 0. The fourth-order valence-electron chi connectivity index (χ4n) is 2.26. The number of carbonyl (C=O) groups excluding carboxylic acids is 1. The number of rotatable bonds is 2. The lowest BCUT2D eigenvalue weighted by atomic mass is 10.1. The molecule has 1 aromatic heterocycles. The normalized spacial score (nSPS) is 21.6. The van der Waals surface area contributed by atoms with Gasteiger partial charge in [-0.05, 0) is 17.5 Å². The third kappa shape index (κ3) is 1.88. The zero-order valence-corrected chi connectivity index (χ0v) is 10.2. The van der Waals surface area contributed by atoms with E-state index >= 15 is 0 Å². The number of fused-ring (bicyclic) bond motifs is 1. The number of amides is 1. The summed E-state index contributed by atoms with van der Waals surface area (Å²) in [5.41, 5.74) is 2.53. The average Bonchev–Trinajstić information content (AvgIpc) is 2.98. The molecule has 0 saturated carbocycles. The van der Waals surface area contributed by atoms with Crippen molar-refractivity contribution in [3.8, 4) is 0 Å². The lowest BCUT2D eigenvalue weighted by molar-refractivity contribution is 0.0928. The second-order valence-electron chi connectivity index (χ2n) is 4.25. The maximum absolute atomic E-state index is 11.9. The van der Waals surface area contributed by atoms with E-state index in [2.05, 4.69) is 15.0 Å². The second-order valence-corrected chi connectivity index (χ2v) is 4.82. The lowest BCUT2D eigenvalue weighted by Crippen LogP contribution is -2.32. The van der Waals surface area contributed by atoms with E-state index in [-0.39, 0.29) is 23.0 Å². The molecule has 2 atom stereocenters. The van der Waals surface area contributed by atoms with Gasteiger partial charge < -0.3 is 9.84 Å². The second kappa shape index (κ2) is 4.46. The predicted octanol–water partition coefficient (Wildman–Crippen LogP) is 2.31. The molecule has 0 fully saturated rings. The van der Waals surface area contributed by atoms with Crippen molar-refractivity contribution in [2.24, 2.45) is 0 Å². The quantitative estimate of drug-likeness (QED) is 0.845. The first-order valence-corrected chi connectivity index (χ1v) is 6.12. The van der Waals surface area contributed by atoms with Crippen LogP contribution in [0.25, 0.3) is 0 Å². The van der Waals surface area contributed by atoms with Gasteiger partial charge in [0.1, 0.15) is 6.26 Å². The summed E-state index contributed by atoms with van der Waals surface area (Å²) in [6, 6.07) is 9.30. The highest BCUT2D eigenvalue weighted by Crippen LogP contribution is 2.34.